The van der Waals surface area contributed by atoms with Crippen LogP contribution in [0.5, 0.6) is 0 Å². The van der Waals surface area contributed by atoms with Crippen LogP contribution >= 0.6 is 0 Å². The lowest BCUT2D eigenvalue weighted by Gasteiger charge is -1.94. The first-order chi connectivity index (χ1) is 8.09. The van der Waals surface area contributed by atoms with Gasteiger partial charge in [0.15, 0.2) is 0 Å². The topological polar surface area (TPSA) is 103 Å². The number of benzene rings is 1. The Morgan fingerprint density at radius 2 is 1.94 bits per heavy atom. The van der Waals surface area contributed by atoms with Crippen LogP contribution in [0.25, 0.3) is 16.7 Å². The fraction of sp³-hybridized carbons (Fsp3) is 0. The minimum atomic E-state index is -1.63. The van der Waals surface area contributed by atoms with Crippen molar-refractivity contribution in [3.63, 3.8) is 0 Å². The van der Waals surface area contributed by atoms with Gasteiger partial charge in [0.2, 0.25) is 0 Å². The molecule has 1 heterocycles. The number of aliphatic hydroxyl groups excluding tert-OH is 1. The number of carbonyl (C=O) groups excluding carboxylic acids is 1. The van der Waals surface area contributed by atoms with Crippen LogP contribution in [0.15, 0.2) is 30.3 Å². The largest absolute Gasteiger partial charge is 0.505 e. The Bertz CT molecular complexity index is 627. The van der Waals surface area contributed by atoms with Gasteiger partial charge in [-0.25, -0.2) is 4.79 Å². The van der Waals surface area contributed by atoms with Crippen LogP contribution in [0.3, 0.4) is 0 Å². The molecule has 0 bridgehead atoms. The molecule has 0 atom stereocenters. The molecule has 2 rings (SSSR count). The molecule has 0 aliphatic rings. The summed E-state index contributed by atoms with van der Waals surface area (Å²) in [5.41, 5.74) is 0.834. The van der Waals surface area contributed by atoms with Crippen LogP contribution in [0.4, 0.5) is 0 Å². The molecule has 0 spiro atoms. The van der Waals surface area contributed by atoms with Gasteiger partial charge in [0, 0.05) is 11.5 Å². The molecule has 2 aromatic rings. The molecule has 86 valence electrons. The Morgan fingerprint density at radius 3 is 2.65 bits per heavy atom. The van der Waals surface area contributed by atoms with Gasteiger partial charge in [-0.3, -0.25) is 9.89 Å². The lowest BCUT2D eigenvalue weighted by molar-refractivity contribution is -0.146. The summed E-state index contributed by atoms with van der Waals surface area (Å²) in [5, 5.41) is 25.1. The number of H-pyrrole nitrogens is 1. The third-order valence-corrected chi connectivity index (χ3v) is 2.19. The monoisotopic (exact) mass is 232 g/mol. The van der Waals surface area contributed by atoms with Crippen LogP contribution in [0, 0.1) is 0 Å². The molecule has 1 aromatic carbocycles. The number of carboxylic acid groups (broad SMARTS) is 1. The Morgan fingerprint density at radius 1 is 1.24 bits per heavy atom. The van der Waals surface area contributed by atoms with Crippen molar-refractivity contribution in [2.75, 3.05) is 0 Å². The summed E-state index contributed by atoms with van der Waals surface area (Å²) in [6, 6.07) is 6.97. The zero-order chi connectivity index (χ0) is 12.4. The lowest BCUT2D eigenvalue weighted by Crippen LogP contribution is -2.09. The maximum Gasteiger partial charge on any atom is 0.376 e. The summed E-state index contributed by atoms with van der Waals surface area (Å²) in [7, 11) is 0. The standard InChI is InChI=1S/C11H8N2O4/c14-8(5-9(15)11(16)17)10-6-3-1-2-4-7(6)12-13-10/h1-5,14H,(H,12,13)(H,16,17)/b8-5+. The summed E-state index contributed by atoms with van der Waals surface area (Å²) in [6.07, 6.45) is 0.630. The molecule has 0 aliphatic heterocycles. The van der Waals surface area contributed by atoms with Gasteiger partial charge in [-0.2, -0.15) is 5.10 Å². The number of para-hydroxylation sites is 1. The van der Waals surface area contributed by atoms with E-state index in [1.807, 2.05) is 0 Å². The number of hydrogen-bond donors (Lipinski definition) is 3. The Labute approximate surface area is 95.2 Å². The van der Waals surface area contributed by atoms with Gasteiger partial charge in [-0.05, 0) is 6.07 Å². The number of carbonyl (C=O) groups is 2. The summed E-state index contributed by atoms with van der Waals surface area (Å²) in [5.74, 6) is -3.30. The molecule has 17 heavy (non-hydrogen) atoms. The second-order valence-electron chi connectivity index (χ2n) is 3.32. The molecule has 0 aliphatic carbocycles. The number of aromatic nitrogens is 2. The number of aliphatic hydroxyl groups is 1. The highest BCUT2D eigenvalue weighted by Gasteiger charge is 2.14. The summed E-state index contributed by atoms with van der Waals surface area (Å²) < 4.78 is 0. The summed E-state index contributed by atoms with van der Waals surface area (Å²) >= 11 is 0. The van der Waals surface area contributed by atoms with Crippen molar-refractivity contribution >= 4 is 28.4 Å². The maximum absolute atomic E-state index is 10.9. The predicted molar refractivity (Wildman–Crippen MR) is 59.3 cm³/mol. The molecule has 0 amide bonds. The predicted octanol–water partition coefficient (Wildman–Crippen LogP) is 1.12. The number of fused-ring (bicyclic) bond motifs is 1. The third-order valence-electron chi connectivity index (χ3n) is 2.19. The molecule has 0 radical (unpaired) electrons. The fourth-order valence-electron chi connectivity index (χ4n) is 1.41. The number of aromatic amines is 1. The first kappa shape index (κ1) is 10.9. The number of nitrogens with one attached hydrogen (secondary N) is 1. The van der Waals surface area contributed by atoms with Crippen LogP contribution in [0.1, 0.15) is 5.69 Å². The van der Waals surface area contributed by atoms with E-state index in [4.69, 9.17) is 5.11 Å². The van der Waals surface area contributed by atoms with E-state index in [0.29, 0.717) is 17.0 Å². The molecule has 3 N–H and O–H groups in total. The first-order valence-electron chi connectivity index (χ1n) is 4.71. The Kier molecular flexibility index (Phi) is 2.61. The molecule has 6 heteroatoms. The average molecular weight is 232 g/mol. The SMILES string of the molecule is O=C(O)C(=O)/C=C(/O)c1n[nH]c2ccccc12. The van der Waals surface area contributed by atoms with E-state index in [0.717, 1.165) is 0 Å². The normalized spacial score (nSPS) is 11.6. The smallest absolute Gasteiger partial charge is 0.376 e. The van der Waals surface area contributed by atoms with Crippen molar-refractivity contribution in [2.24, 2.45) is 0 Å². The van der Waals surface area contributed by atoms with Crippen LogP contribution < -0.4 is 0 Å². The van der Waals surface area contributed by atoms with E-state index in [1.165, 1.54) is 0 Å². The minimum Gasteiger partial charge on any atom is -0.505 e. The van der Waals surface area contributed by atoms with Crippen molar-refractivity contribution in [1.82, 2.24) is 10.2 Å². The van der Waals surface area contributed by atoms with Gasteiger partial charge < -0.3 is 10.2 Å². The summed E-state index contributed by atoms with van der Waals surface area (Å²) in [4.78, 5) is 21.2. The molecule has 0 saturated heterocycles. The van der Waals surface area contributed by atoms with Crippen LogP contribution in [-0.2, 0) is 9.59 Å². The highest BCUT2D eigenvalue weighted by Crippen LogP contribution is 2.20. The van der Waals surface area contributed by atoms with Gasteiger partial charge in [0.05, 0.1) is 5.52 Å². The highest BCUT2D eigenvalue weighted by molar-refractivity contribution is 6.38. The van der Waals surface area contributed by atoms with Crippen molar-refractivity contribution in [1.29, 1.82) is 0 Å². The number of nitrogens with zero attached hydrogens (tertiary/aromatic N) is 1. The molecule has 0 fully saturated rings. The number of hydrogen-bond acceptors (Lipinski definition) is 4. The number of ketones is 1. The average Bonchev–Trinajstić information content (AvgIpc) is 2.72. The number of rotatable bonds is 3. The number of carboxylic acids is 1. The van der Waals surface area contributed by atoms with Gasteiger partial charge in [-0.1, -0.05) is 18.2 Å². The van der Waals surface area contributed by atoms with Gasteiger partial charge in [-0.15, -0.1) is 0 Å². The van der Waals surface area contributed by atoms with E-state index in [9.17, 15) is 14.7 Å². The third kappa shape index (κ3) is 2.00. The van der Waals surface area contributed by atoms with Gasteiger partial charge in [0.25, 0.3) is 5.78 Å². The van der Waals surface area contributed by atoms with Crippen molar-refractivity contribution in [3.05, 3.63) is 36.0 Å². The van der Waals surface area contributed by atoms with Crippen molar-refractivity contribution in [3.8, 4) is 0 Å². The molecular weight excluding hydrogens is 224 g/mol. The van der Waals surface area contributed by atoms with Crippen LogP contribution in [-0.4, -0.2) is 32.2 Å². The van der Waals surface area contributed by atoms with E-state index in [-0.39, 0.29) is 5.69 Å². The Balaban J connectivity index is 2.47. The van der Waals surface area contributed by atoms with Crippen molar-refractivity contribution in [2.45, 2.75) is 0 Å². The second kappa shape index (κ2) is 4.09. The van der Waals surface area contributed by atoms with Crippen molar-refractivity contribution < 1.29 is 19.8 Å². The molecular formula is C11H8N2O4. The minimum absolute atomic E-state index is 0.148. The zero-order valence-corrected chi connectivity index (χ0v) is 8.54. The molecule has 1 aromatic heterocycles. The molecule has 0 unspecified atom stereocenters. The first-order valence-corrected chi connectivity index (χ1v) is 4.71. The molecule has 0 saturated carbocycles. The van der Waals surface area contributed by atoms with Crippen LogP contribution in [0.2, 0.25) is 0 Å². The second-order valence-corrected chi connectivity index (χ2v) is 3.32. The van der Waals surface area contributed by atoms with Gasteiger partial charge >= 0.3 is 5.97 Å². The summed E-state index contributed by atoms with van der Waals surface area (Å²) in [6.45, 7) is 0. The molecule has 6 nitrogen and oxygen atoms in total. The zero-order valence-electron chi connectivity index (χ0n) is 8.54. The van der Waals surface area contributed by atoms with E-state index < -0.39 is 17.5 Å². The van der Waals surface area contributed by atoms with E-state index in [1.54, 1.807) is 24.3 Å². The highest BCUT2D eigenvalue weighted by atomic mass is 16.4. The lowest BCUT2D eigenvalue weighted by atomic mass is 10.1. The quantitative estimate of drug-likeness (QED) is 0.418. The van der Waals surface area contributed by atoms with Gasteiger partial charge in [0.1, 0.15) is 11.5 Å². The number of aliphatic carboxylic acids is 1. The fourth-order valence-corrected chi connectivity index (χ4v) is 1.41. The van der Waals surface area contributed by atoms with E-state index >= 15 is 0 Å². The van der Waals surface area contributed by atoms with E-state index in [2.05, 4.69) is 10.2 Å². The maximum atomic E-state index is 10.9. The Hall–Kier alpha value is -2.63.